The summed E-state index contributed by atoms with van der Waals surface area (Å²) >= 11 is 0. The highest BCUT2D eigenvalue weighted by atomic mass is 32.2. The zero-order chi connectivity index (χ0) is 18.3. The lowest BCUT2D eigenvalue weighted by atomic mass is 10.3. The van der Waals surface area contributed by atoms with E-state index in [1.807, 2.05) is 0 Å². The molecule has 0 heterocycles. The Kier molecular flexibility index (Phi) is 6.93. The summed E-state index contributed by atoms with van der Waals surface area (Å²) in [5.74, 6) is -0.993. The second-order valence-electron chi connectivity index (χ2n) is 5.09. The molecule has 1 aromatic carbocycles. The van der Waals surface area contributed by atoms with Crippen LogP contribution in [0.3, 0.4) is 0 Å². The van der Waals surface area contributed by atoms with Gasteiger partial charge in [-0.05, 0) is 24.3 Å². The number of amides is 2. The first-order valence-corrected chi connectivity index (χ1v) is 8.53. The number of hydrogen-bond donors (Lipinski definition) is 2. The number of hydrogen-bond acceptors (Lipinski definition) is 4. The highest BCUT2D eigenvalue weighted by Gasteiger charge is 2.19. The van der Waals surface area contributed by atoms with E-state index < -0.39 is 22.0 Å². The van der Waals surface area contributed by atoms with Gasteiger partial charge >= 0.3 is 12.0 Å². The van der Waals surface area contributed by atoms with Crippen LogP contribution in [0.2, 0.25) is 0 Å². The average molecular weight is 355 g/mol. The van der Waals surface area contributed by atoms with E-state index >= 15 is 0 Å². The molecule has 0 spiro atoms. The van der Waals surface area contributed by atoms with Crippen LogP contribution < -0.4 is 5.32 Å². The molecule has 2 N–H and O–H groups in total. The Hall–Kier alpha value is -2.39. The summed E-state index contributed by atoms with van der Waals surface area (Å²) in [6.45, 7) is 3.76. The number of anilines is 1. The molecule has 0 aliphatic heterocycles. The van der Waals surface area contributed by atoms with Crippen molar-refractivity contribution < 1.29 is 23.1 Å². The summed E-state index contributed by atoms with van der Waals surface area (Å²) in [6.07, 6.45) is 1.33. The lowest BCUT2D eigenvalue weighted by Crippen LogP contribution is -2.33. The zero-order valence-electron chi connectivity index (χ0n) is 13.6. The van der Waals surface area contributed by atoms with Gasteiger partial charge in [-0.3, -0.25) is 4.79 Å². The highest BCUT2D eigenvalue weighted by molar-refractivity contribution is 7.89. The van der Waals surface area contributed by atoms with Gasteiger partial charge < -0.3 is 15.3 Å². The minimum absolute atomic E-state index is 0.0694. The third-order valence-electron chi connectivity index (χ3n) is 3.21. The van der Waals surface area contributed by atoms with Crippen LogP contribution >= 0.6 is 0 Å². The average Bonchev–Trinajstić information content (AvgIpc) is 2.53. The van der Waals surface area contributed by atoms with Gasteiger partial charge in [-0.15, -0.1) is 6.58 Å². The lowest BCUT2D eigenvalue weighted by Gasteiger charge is -2.18. The Balaban J connectivity index is 2.76. The molecule has 132 valence electrons. The third kappa shape index (κ3) is 5.36. The number of benzene rings is 1. The summed E-state index contributed by atoms with van der Waals surface area (Å²) < 4.78 is 25.6. The molecule has 1 rings (SSSR count). The van der Waals surface area contributed by atoms with Crippen molar-refractivity contribution in [3.63, 3.8) is 0 Å². The topological polar surface area (TPSA) is 107 Å². The third-order valence-corrected chi connectivity index (χ3v) is 5.05. The van der Waals surface area contributed by atoms with Crippen LogP contribution in [0.25, 0.3) is 0 Å². The Morgan fingerprint density at radius 2 is 1.83 bits per heavy atom. The van der Waals surface area contributed by atoms with Crippen molar-refractivity contribution in [3.8, 4) is 0 Å². The standard InChI is InChI=1S/C15H21N3O5S/c1-4-10-18(3)24(22,23)13-7-5-12(6-8-13)16-15(21)17(2)11-9-14(19)20/h4-8H,1,9-11H2,2-3H3,(H,16,21)(H,19,20). The van der Waals surface area contributed by atoms with Crippen LogP contribution in [-0.2, 0) is 14.8 Å². The summed E-state index contributed by atoms with van der Waals surface area (Å²) in [5.41, 5.74) is 0.410. The van der Waals surface area contributed by atoms with Crippen molar-refractivity contribution in [2.24, 2.45) is 0 Å². The van der Waals surface area contributed by atoms with Crippen molar-refractivity contribution in [2.45, 2.75) is 11.3 Å². The normalized spacial score (nSPS) is 11.1. The van der Waals surface area contributed by atoms with Crippen molar-refractivity contribution >= 4 is 27.7 Å². The molecule has 24 heavy (non-hydrogen) atoms. The molecule has 0 aliphatic rings. The fourth-order valence-corrected chi connectivity index (χ4v) is 2.90. The van der Waals surface area contributed by atoms with E-state index in [4.69, 9.17) is 5.11 Å². The van der Waals surface area contributed by atoms with Crippen molar-refractivity contribution in [1.29, 1.82) is 0 Å². The summed E-state index contributed by atoms with van der Waals surface area (Å²) in [5, 5.41) is 11.2. The van der Waals surface area contributed by atoms with Crippen LogP contribution in [0.4, 0.5) is 10.5 Å². The second-order valence-corrected chi connectivity index (χ2v) is 7.14. The molecule has 0 atom stereocenters. The van der Waals surface area contributed by atoms with Crippen LogP contribution in [0.5, 0.6) is 0 Å². The van der Waals surface area contributed by atoms with Gasteiger partial charge in [-0.1, -0.05) is 6.08 Å². The lowest BCUT2D eigenvalue weighted by molar-refractivity contribution is -0.137. The maximum atomic E-state index is 12.2. The van der Waals surface area contributed by atoms with Crippen molar-refractivity contribution in [3.05, 3.63) is 36.9 Å². The van der Waals surface area contributed by atoms with Gasteiger partial charge in [0.2, 0.25) is 10.0 Å². The summed E-state index contributed by atoms with van der Waals surface area (Å²) in [6, 6.07) is 5.24. The minimum atomic E-state index is -3.61. The van der Waals surface area contributed by atoms with Crippen molar-refractivity contribution in [2.75, 3.05) is 32.5 Å². The van der Waals surface area contributed by atoms with Crippen LogP contribution in [-0.4, -0.2) is 61.9 Å². The molecule has 1 aromatic rings. The molecule has 9 heteroatoms. The Bertz CT molecular complexity index is 700. The van der Waals surface area contributed by atoms with Gasteiger partial charge in [0.25, 0.3) is 0 Å². The van der Waals surface area contributed by atoms with Crippen LogP contribution in [0, 0.1) is 0 Å². The van der Waals surface area contributed by atoms with E-state index in [-0.39, 0.29) is 24.4 Å². The Labute approximate surface area is 141 Å². The molecule has 0 saturated carbocycles. The van der Waals surface area contributed by atoms with E-state index in [0.29, 0.717) is 5.69 Å². The highest BCUT2D eigenvalue weighted by Crippen LogP contribution is 2.17. The number of carbonyl (C=O) groups excluding carboxylic acids is 1. The predicted molar refractivity (Wildman–Crippen MR) is 90.4 cm³/mol. The number of rotatable bonds is 8. The minimum Gasteiger partial charge on any atom is -0.481 e. The molecule has 8 nitrogen and oxygen atoms in total. The first-order valence-electron chi connectivity index (χ1n) is 7.09. The number of carbonyl (C=O) groups is 2. The SMILES string of the molecule is C=CCN(C)S(=O)(=O)c1ccc(NC(=O)N(C)CCC(=O)O)cc1. The van der Waals surface area contributed by atoms with Crippen LogP contribution in [0.1, 0.15) is 6.42 Å². The molecule has 0 unspecified atom stereocenters. The maximum Gasteiger partial charge on any atom is 0.321 e. The number of sulfonamides is 1. The largest absolute Gasteiger partial charge is 0.481 e. The zero-order valence-corrected chi connectivity index (χ0v) is 14.4. The summed E-state index contributed by atoms with van der Waals surface area (Å²) in [7, 11) is -0.685. The Morgan fingerprint density at radius 3 is 2.33 bits per heavy atom. The van der Waals surface area contributed by atoms with E-state index in [2.05, 4.69) is 11.9 Å². The number of nitrogens with zero attached hydrogens (tertiary/aromatic N) is 2. The maximum absolute atomic E-state index is 12.2. The van der Waals surface area contributed by atoms with Gasteiger partial charge in [0.15, 0.2) is 0 Å². The van der Waals surface area contributed by atoms with Crippen LogP contribution in [0.15, 0.2) is 41.8 Å². The number of aliphatic carboxylic acids is 1. The van der Waals surface area contributed by atoms with E-state index in [0.717, 1.165) is 4.31 Å². The smallest absolute Gasteiger partial charge is 0.321 e. The summed E-state index contributed by atoms with van der Waals surface area (Å²) in [4.78, 5) is 23.7. The number of carboxylic acids is 1. The Morgan fingerprint density at radius 1 is 1.25 bits per heavy atom. The van der Waals surface area contributed by atoms with Gasteiger partial charge in [0, 0.05) is 32.9 Å². The van der Waals surface area contributed by atoms with E-state index in [1.165, 1.54) is 49.3 Å². The molecule has 0 radical (unpaired) electrons. The molecule has 2 amide bonds. The van der Waals surface area contributed by atoms with E-state index in [1.54, 1.807) is 0 Å². The van der Waals surface area contributed by atoms with Gasteiger partial charge in [-0.25, -0.2) is 13.2 Å². The molecular formula is C15H21N3O5S. The second kappa shape index (κ2) is 8.46. The quantitative estimate of drug-likeness (QED) is 0.686. The molecule has 0 fully saturated rings. The first kappa shape index (κ1) is 19.7. The molecule has 0 aliphatic carbocycles. The first-order chi connectivity index (χ1) is 11.2. The van der Waals surface area contributed by atoms with Gasteiger partial charge in [0.05, 0.1) is 11.3 Å². The van der Waals surface area contributed by atoms with E-state index in [9.17, 15) is 18.0 Å². The van der Waals surface area contributed by atoms with Gasteiger partial charge in [0.1, 0.15) is 0 Å². The molecule has 0 saturated heterocycles. The number of likely N-dealkylation sites (N-methyl/N-ethyl adjacent to an activating group) is 1. The molecular weight excluding hydrogens is 334 g/mol. The predicted octanol–water partition coefficient (Wildman–Crippen LogP) is 1.43. The fraction of sp³-hybridized carbons (Fsp3) is 0.333. The fourth-order valence-electron chi connectivity index (χ4n) is 1.75. The monoisotopic (exact) mass is 355 g/mol. The molecule has 0 aromatic heterocycles. The number of carboxylic acid groups (broad SMARTS) is 1. The number of urea groups is 1. The van der Waals surface area contributed by atoms with Crippen molar-refractivity contribution in [1.82, 2.24) is 9.21 Å². The van der Waals surface area contributed by atoms with Gasteiger partial charge in [-0.2, -0.15) is 4.31 Å². The molecule has 0 bridgehead atoms. The number of nitrogens with one attached hydrogen (secondary N) is 1.